The van der Waals surface area contributed by atoms with Crippen LogP contribution in [0.5, 0.6) is 0 Å². The first-order valence-electron chi connectivity index (χ1n) is 9.72. The maximum atomic E-state index is 12.4. The van der Waals surface area contributed by atoms with Gasteiger partial charge in [-0.15, -0.1) is 5.10 Å². The molecule has 31 heavy (non-hydrogen) atoms. The Balaban J connectivity index is 1.76. The lowest BCUT2D eigenvalue weighted by molar-refractivity contribution is 0.0589. The van der Waals surface area contributed by atoms with Crippen molar-refractivity contribution in [2.75, 3.05) is 30.0 Å². The highest BCUT2D eigenvalue weighted by molar-refractivity contribution is 6.01. The van der Waals surface area contributed by atoms with Crippen LogP contribution in [0.2, 0.25) is 0 Å². The second-order valence-corrected chi connectivity index (χ2v) is 8.09. The predicted molar refractivity (Wildman–Crippen MR) is 120 cm³/mol. The Morgan fingerprint density at radius 3 is 2.68 bits per heavy atom. The number of carbonyl (C=O) groups is 1. The van der Waals surface area contributed by atoms with Crippen LogP contribution in [0, 0.1) is 0 Å². The Morgan fingerprint density at radius 2 is 1.97 bits per heavy atom. The van der Waals surface area contributed by atoms with Gasteiger partial charge >= 0.3 is 6.09 Å². The molecule has 4 rings (SSSR count). The molecule has 4 aromatic heterocycles. The summed E-state index contributed by atoms with van der Waals surface area (Å²) in [6, 6.07) is 5.36. The summed E-state index contributed by atoms with van der Waals surface area (Å²) in [4.78, 5) is 27.1. The second-order valence-electron chi connectivity index (χ2n) is 8.09. The zero-order valence-electron chi connectivity index (χ0n) is 18.0. The lowest BCUT2D eigenvalue weighted by atomic mass is 10.1. The molecule has 0 bridgehead atoms. The molecule has 160 valence electrons. The summed E-state index contributed by atoms with van der Waals surface area (Å²) in [5, 5.41) is 9.31. The van der Waals surface area contributed by atoms with Gasteiger partial charge in [-0.05, 0) is 39.0 Å². The Bertz CT molecular complexity index is 1290. The van der Waals surface area contributed by atoms with E-state index in [-0.39, 0.29) is 0 Å². The molecule has 0 aliphatic rings. The monoisotopic (exact) mass is 420 g/mol. The number of nitrogens with zero attached hydrogens (tertiary/aromatic N) is 6. The van der Waals surface area contributed by atoms with Crippen molar-refractivity contribution in [1.82, 2.24) is 24.6 Å². The van der Waals surface area contributed by atoms with Crippen LogP contribution in [-0.2, 0) is 4.74 Å². The van der Waals surface area contributed by atoms with Gasteiger partial charge in [-0.2, -0.15) is 0 Å². The fraction of sp³-hybridized carbons (Fsp3) is 0.286. The lowest BCUT2D eigenvalue weighted by Crippen LogP contribution is -2.34. The van der Waals surface area contributed by atoms with E-state index in [1.165, 1.54) is 4.90 Å². The molecule has 0 fully saturated rings. The SMILES string of the molecule is CNc1ncc(-c2nc3ccc(N(C)C(=O)OC(C)(C)C)cn3n2)c2cc(N)ncc12. The number of amides is 1. The molecule has 0 saturated carbocycles. The van der Waals surface area contributed by atoms with Gasteiger partial charge in [0, 0.05) is 42.8 Å². The summed E-state index contributed by atoms with van der Waals surface area (Å²) in [5.74, 6) is 1.58. The topological polar surface area (TPSA) is 124 Å². The van der Waals surface area contributed by atoms with Crippen molar-refractivity contribution in [3.63, 3.8) is 0 Å². The van der Waals surface area contributed by atoms with Gasteiger partial charge in [0.1, 0.15) is 17.2 Å². The molecule has 0 unspecified atom stereocenters. The number of carbonyl (C=O) groups excluding carboxylic acids is 1. The van der Waals surface area contributed by atoms with Crippen molar-refractivity contribution in [3.05, 3.63) is 36.8 Å². The Morgan fingerprint density at radius 1 is 1.19 bits per heavy atom. The third-order valence-electron chi connectivity index (χ3n) is 4.64. The van der Waals surface area contributed by atoms with E-state index >= 15 is 0 Å². The van der Waals surface area contributed by atoms with E-state index < -0.39 is 11.7 Å². The second kappa shape index (κ2) is 7.38. The van der Waals surface area contributed by atoms with E-state index in [1.54, 1.807) is 55.4 Å². The van der Waals surface area contributed by atoms with Gasteiger partial charge in [0.25, 0.3) is 0 Å². The number of pyridine rings is 3. The van der Waals surface area contributed by atoms with Crippen LogP contribution in [-0.4, -0.2) is 50.4 Å². The van der Waals surface area contributed by atoms with E-state index in [1.807, 2.05) is 20.8 Å². The average molecular weight is 420 g/mol. The Hall–Kier alpha value is -3.95. The zero-order chi connectivity index (χ0) is 22.3. The largest absolute Gasteiger partial charge is 0.443 e. The van der Waals surface area contributed by atoms with Gasteiger partial charge < -0.3 is 15.8 Å². The number of nitrogens with one attached hydrogen (secondary N) is 1. The minimum absolute atomic E-state index is 0.395. The van der Waals surface area contributed by atoms with Gasteiger partial charge in [-0.25, -0.2) is 24.3 Å². The van der Waals surface area contributed by atoms with E-state index in [2.05, 4.69) is 25.4 Å². The minimum Gasteiger partial charge on any atom is -0.443 e. The van der Waals surface area contributed by atoms with Crippen LogP contribution in [0.3, 0.4) is 0 Å². The number of fused-ring (bicyclic) bond motifs is 2. The highest BCUT2D eigenvalue weighted by atomic mass is 16.6. The van der Waals surface area contributed by atoms with Crippen LogP contribution in [0.25, 0.3) is 27.8 Å². The van der Waals surface area contributed by atoms with Gasteiger partial charge in [0.15, 0.2) is 11.5 Å². The van der Waals surface area contributed by atoms with Gasteiger partial charge in [0.2, 0.25) is 0 Å². The number of nitrogen functional groups attached to an aromatic ring is 1. The van der Waals surface area contributed by atoms with Crippen molar-refractivity contribution in [2.24, 2.45) is 0 Å². The molecular weight excluding hydrogens is 396 g/mol. The normalized spacial score (nSPS) is 11.6. The number of ether oxygens (including phenoxy) is 1. The number of hydrogen-bond donors (Lipinski definition) is 2. The summed E-state index contributed by atoms with van der Waals surface area (Å²) in [5.41, 5.74) is 7.32. The lowest BCUT2D eigenvalue weighted by Gasteiger charge is -2.24. The molecule has 0 aliphatic heterocycles. The molecular formula is C21H24N8O2. The van der Waals surface area contributed by atoms with Crippen molar-refractivity contribution >= 4 is 39.8 Å². The molecule has 10 nitrogen and oxygen atoms in total. The minimum atomic E-state index is -0.583. The van der Waals surface area contributed by atoms with Crippen LogP contribution in [0.15, 0.2) is 36.8 Å². The zero-order valence-corrected chi connectivity index (χ0v) is 18.0. The van der Waals surface area contributed by atoms with Crippen LogP contribution in [0.1, 0.15) is 20.8 Å². The first-order valence-corrected chi connectivity index (χ1v) is 9.72. The summed E-state index contributed by atoms with van der Waals surface area (Å²) >= 11 is 0. The maximum Gasteiger partial charge on any atom is 0.414 e. The van der Waals surface area contributed by atoms with E-state index in [9.17, 15) is 4.79 Å². The smallest absolute Gasteiger partial charge is 0.414 e. The Kier molecular flexibility index (Phi) is 4.84. The number of hydrogen-bond acceptors (Lipinski definition) is 8. The fourth-order valence-corrected chi connectivity index (χ4v) is 3.15. The summed E-state index contributed by atoms with van der Waals surface area (Å²) < 4.78 is 7.05. The number of nitrogens with two attached hydrogens (primary N) is 1. The first-order chi connectivity index (χ1) is 14.7. The molecule has 4 aromatic rings. The van der Waals surface area contributed by atoms with Gasteiger partial charge in [-0.1, -0.05) is 0 Å². The molecule has 0 aliphatic carbocycles. The molecule has 4 heterocycles. The molecule has 0 atom stereocenters. The highest BCUT2D eigenvalue weighted by Crippen LogP contribution is 2.31. The van der Waals surface area contributed by atoms with Crippen molar-refractivity contribution < 1.29 is 9.53 Å². The fourth-order valence-electron chi connectivity index (χ4n) is 3.15. The van der Waals surface area contributed by atoms with Gasteiger partial charge in [0.05, 0.1) is 11.9 Å². The molecule has 1 amide bonds. The molecule has 0 spiro atoms. The molecule has 3 N–H and O–H groups in total. The molecule has 0 radical (unpaired) electrons. The molecule has 10 heteroatoms. The Labute approximate surface area is 179 Å². The highest BCUT2D eigenvalue weighted by Gasteiger charge is 2.21. The van der Waals surface area contributed by atoms with Crippen molar-refractivity contribution in [3.8, 4) is 11.4 Å². The van der Waals surface area contributed by atoms with Crippen LogP contribution < -0.4 is 16.0 Å². The summed E-state index contributed by atoms with van der Waals surface area (Å²) in [6.07, 6.45) is 4.66. The number of aromatic nitrogens is 5. The van der Waals surface area contributed by atoms with Crippen LogP contribution in [0.4, 0.5) is 22.1 Å². The van der Waals surface area contributed by atoms with E-state index in [4.69, 9.17) is 10.5 Å². The summed E-state index contributed by atoms with van der Waals surface area (Å²) in [6.45, 7) is 5.47. The van der Waals surface area contributed by atoms with E-state index in [0.29, 0.717) is 28.8 Å². The maximum absolute atomic E-state index is 12.4. The quantitative estimate of drug-likeness (QED) is 0.517. The number of anilines is 3. The van der Waals surface area contributed by atoms with Crippen molar-refractivity contribution in [2.45, 2.75) is 26.4 Å². The van der Waals surface area contributed by atoms with Crippen LogP contribution >= 0.6 is 0 Å². The van der Waals surface area contributed by atoms with E-state index in [0.717, 1.165) is 16.3 Å². The summed E-state index contributed by atoms with van der Waals surface area (Å²) in [7, 11) is 3.44. The predicted octanol–water partition coefficient (Wildman–Crippen LogP) is 3.33. The molecule has 0 saturated heterocycles. The molecule has 0 aromatic carbocycles. The average Bonchev–Trinajstić information content (AvgIpc) is 3.13. The van der Waals surface area contributed by atoms with Crippen molar-refractivity contribution in [1.29, 1.82) is 0 Å². The third kappa shape index (κ3) is 3.91. The third-order valence-corrected chi connectivity index (χ3v) is 4.64. The standard InChI is InChI=1S/C21H24N8O2/c1-21(2,3)31-20(30)28(5)12-6-7-17-26-19(27-29(17)11-12)15-10-25-18(23-4)14-9-24-16(22)8-13(14)15/h6-11H,1-5H3,(H2,22,24)(H,23,25). The number of rotatable bonds is 3. The van der Waals surface area contributed by atoms with Gasteiger partial charge in [-0.3, -0.25) is 4.90 Å². The first kappa shape index (κ1) is 20.3.